The Hall–Kier alpha value is -1.14. The molecule has 0 aliphatic heterocycles. The van der Waals surface area contributed by atoms with Gasteiger partial charge >= 0.3 is 5.97 Å². The molecule has 0 heterocycles. The zero-order valence-electron chi connectivity index (χ0n) is 8.92. The van der Waals surface area contributed by atoms with E-state index in [2.05, 4.69) is 0 Å². The van der Waals surface area contributed by atoms with Crippen molar-refractivity contribution in [2.24, 2.45) is 0 Å². The minimum atomic E-state index is -3.44. The number of aliphatic carboxylic acids is 1. The molecule has 1 aliphatic carbocycles. The summed E-state index contributed by atoms with van der Waals surface area (Å²) in [4.78, 5) is 10.3. The van der Waals surface area contributed by atoms with Crippen molar-refractivity contribution in [3.63, 3.8) is 0 Å². The van der Waals surface area contributed by atoms with E-state index < -0.39 is 22.2 Å². The molecule has 16 heavy (non-hydrogen) atoms. The molecule has 0 aromatic heterocycles. The molecule has 0 amide bonds. The first kappa shape index (κ1) is 12.9. The lowest BCUT2D eigenvalue weighted by Gasteiger charge is -2.15. The molecule has 5 nitrogen and oxygen atoms in total. The van der Waals surface area contributed by atoms with Crippen LogP contribution in [0.4, 0.5) is 0 Å². The predicted molar refractivity (Wildman–Crippen MR) is 58.4 cm³/mol. The molecule has 0 aromatic rings. The summed E-state index contributed by atoms with van der Waals surface area (Å²) in [5.74, 6) is -0.844. The smallest absolute Gasteiger partial charge is 0.303 e. The van der Waals surface area contributed by atoms with Crippen molar-refractivity contribution in [1.29, 1.82) is 0 Å². The predicted octanol–water partition coefficient (Wildman–Crippen LogP) is 1.08. The molecule has 1 aliphatic rings. The molecule has 90 valence electrons. The fraction of sp³-hybridized carbons (Fsp3) is 0.500. The average molecular weight is 246 g/mol. The summed E-state index contributed by atoms with van der Waals surface area (Å²) in [5, 5.41) is 8.49. The number of hydrogen-bond acceptors (Lipinski definition) is 4. The van der Waals surface area contributed by atoms with Crippen molar-refractivity contribution in [3.8, 4) is 0 Å². The standard InChI is InChI=1S/C10H14O5S/c1-16(13,14)15-9-5-2-8(3-6-9)4-7-10(11)12/h2-3,5,9H,4,6-7H2,1H3,(H,11,12)/t9-/m0/s1. The second-order valence-corrected chi connectivity index (χ2v) is 5.21. The van der Waals surface area contributed by atoms with Crippen LogP contribution in [0.25, 0.3) is 0 Å². The normalized spacial score (nSPS) is 20.6. The fourth-order valence-electron chi connectivity index (χ4n) is 1.38. The van der Waals surface area contributed by atoms with Crippen LogP contribution in [0, 0.1) is 0 Å². The quantitative estimate of drug-likeness (QED) is 0.734. The second kappa shape index (κ2) is 5.27. The van der Waals surface area contributed by atoms with Crippen LogP contribution in [0.15, 0.2) is 23.8 Å². The summed E-state index contributed by atoms with van der Waals surface area (Å²) in [6.07, 6.45) is 6.68. The van der Waals surface area contributed by atoms with Gasteiger partial charge in [0, 0.05) is 6.42 Å². The van der Waals surface area contributed by atoms with Gasteiger partial charge in [0.2, 0.25) is 0 Å². The first-order valence-corrected chi connectivity index (χ1v) is 6.66. The number of carboxylic acids is 1. The van der Waals surface area contributed by atoms with Crippen LogP contribution in [0.5, 0.6) is 0 Å². The monoisotopic (exact) mass is 246 g/mol. The topological polar surface area (TPSA) is 80.7 Å². The highest BCUT2D eigenvalue weighted by Gasteiger charge is 2.14. The zero-order chi connectivity index (χ0) is 12.2. The Kier molecular flexibility index (Phi) is 4.26. The van der Waals surface area contributed by atoms with Gasteiger partial charge in [0.05, 0.1) is 12.4 Å². The van der Waals surface area contributed by atoms with Gasteiger partial charge in [-0.1, -0.05) is 23.8 Å². The number of carboxylic acid groups (broad SMARTS) is 1. The number of hydrogen-bond donors (Lipinski definition) is 1. The van der Waals surface area contributed by atoms with E-state index in [4.69, 9.17) is 9.29 Å². The van der Waals surface area contributed by atoms with E-state index in [9.17, 15) is 13.2 Å². The van der Waals surface area contributed by atoms with Gasteiger partial charge in [0.15, 0.2) is 0 Å². The van der Waals surface area contributed by atoms with Crippen LogP contribution in [0.2, 0.25) is 0 Å². The Morgan fingerprint density at radius 2 is 2.31 bits per heavy atom. The average Bonchev–Trinajstić information content (AvgIpc) is 2.14. The van der Waals surface area contributed by atoms with E-state index in [1.165, 1.54) is 0 Å². The van der Waals surface area contributed by atoms with E-state index in [1.807, 2.05) is 0 Å². The third kappa shape index (κ3) is 5.09. The third-order valence-corrected chi connectivity index (χ3v) is 2.66. The van der Waals surface area contributed by atoms with Crippen LogP contribution in [-0.2, 0) is 19.1 Å². The molecule has 0 bridgehead atoms. The Morgan fingerprint density at radius 1 is 1.62 bits per heavy atom. The minimum Gasteiger partial charge on any atom is -0.481 e. The van der Waals surface area contributed by atoms with Crippen LogP contribution in [0.3, 0.4) is 0 Å². The fourth-order valence-corrected chi connectivity index (χ4v) is 1.97. The van der Waals surface area contributed by atoms with E-state index in [0.29, 0.717) is 12.8 Å². The summed E-state index contributed by atoms with van der Waals surface area (Å²) in [6, 6.07) is 0. The Morgan fingerprint density at radius 3 is 2.75 bits per heavy atom. The van der Waals surface area contributed by atoms with E-state index in [0.717, 1.165) is 11.8 Å². The molecule has 0 saturated carbocycles. The molecular formula is C10H14O5S. The Labute approximate surface area is 94.5 Å². The van der Waals surface area contributed by atoms with Crippen molar-refractivity contribution in [2.45, 2.75) is 25.4 Å². The maximum absolute atomic E-state index is 10.8. The summed E-state index contributed by atoms with van der Waals surface area (Å²) in [7, 11) is -3.44. The molecule has 0 radical (unpaired) electrons. The Bertz CT molecular complexity index is 418. The van der Waals surface area contributed by atoms with E-state index >= 15 is 0 Å². The molecule has 1 atom stereocenters. The number of carbonyl (C=O) groups is 1. The van der Waals surface area contributed by atoms with Crippen molar-refractivity contribution in [2.75, 3.05) is 6.26 Å². The van der Waals surface area contributed by atoms with Gasteiger partial charge in [-0.3, -0.25) is 8.98 Å². The van der Waals surface area contributed by atoms with Crippen LogP contribution >= 0.6 is 0 Å². The lowest BCUT2D eigenvalue weighted by Crippen LogP contribution is -2.16. The van der Waals surface area contributed by atoms with Crippen molar-refractivity contribution >= 4 is 16.1 Å². The van der Waals surface area contributed by atoms with E-state index in [-0.39, 0.29) is 6.42 Å². The highest BCUT2D eigenvalue weighted by atomic mass is 32.2. The van der Waals surface area contributed by atoms with Crippen molar-refractivity contribution < 1.29 is 22.5 Å². The molecule has 1 N–H and O–H groups in total. The van der Waals surface area contributed by atoms with Gasteiger partial charge in [-0.2, -0.15) is 8.42 Å². The summed E-state index contributed by atoms with van der Waals surface area (Å²) >= 11 is 0. The van der Waals surface area contributed by atoms with Crippen LogP contribution in [-0.4, -0.2) is 31.9 Å². The zero-order valence-corrected chi connectivity index (χ0v) is 9.74. The highest BCUT2D eigenvalue weighted by Crippen LogP contribution is 2.18. The second-order valence-electron chi connectivity index (χ2n) is 3.61. The molecule has 0 saturated heterocycles. The minimum absolute atomic E-state index is 0.0772. The van der Waals surface area contributed by atoms with Crippen LogP contribution < -0.4 is 0 Å². The molecule has 0 fully saturated rings. The largest absolute Gasteiger partial charge is 0.481 e. The lowest BCUT2D eigenvalue weighted by molar-refractivity contribution is -0.136. The van der Waals surface area contributed by atoms with Gasteiger partial charge in [-0.15, -0.1) is 0 Å². The molecule has 0 spiro atoms. The third-order valence-electron chi connectivity index (χ3n) is 2.06. The van der Waals surface area contributed by atoms with E-state index in [1.54, 1.807) is 18.2 Å². The number of rotatable bonds is 5. The van der Waals surface area contributed by atoms with Gasteiger partial charge in [0.1, 0.15) is 0 Å². The summed E-state index contributed by atoms with van der Waals surface area (Å²) < 4.78 is 26.5. The SMILES string of the molecule is CS(=O)(=O)O[C@H]1C=CC(CCC(=O)O)=CC1. The molecular weight excluding hydrogens is 232 g/mol. The molecule has 0 unspecified atom stereocenters. The lowest BCUT2D eigenvalue weighted by atomic mass is 10.0. The van der Waals surface area contributed by atoms with Crippen LogP contribution in [0.1, 0.15) is 19.3 Å². The summed E-state index contributed by atoms with van der Waals surface area (Å²) in [6.45, 7) is 0. The molecule has 6 heteroatoms. The maximum Gasteiger partial charge on any atom is 0.303 e. The first-order valence-electron chi connectivity index (χ1n) is 4.84. The highest BCUT2D eigenvalue weighted by molar-refractivity contribution is 7.86. The maximum atomic E-state index is 10.8. The molecule has 0 aromatic carbocycles. The number of allylic oxidation sites excluding steroid dienone is 2. The Balaban J connectivity index is 2.44. The van der Waals surface area contributed by atoms with Gasteiger partial charge in [-0.25, -0.2) is 0 Å². The molecule has 1 rings (SSSR count). The van der Waals surface area contributed by atoms with Gasteiger partial charge < -0.3 is 5.11 Å². The van der Waals surface area contributed by atoms with Gasteiger partial charge in [0.25, 0.3) is 10.1 Å². The van der Waals surface area contributed by atoms with Crippen molar-refractivity contribution in [3.05, 3.63) is 23.8 Å². The van der Waals surface area contributed by atoms with Crippen molar-refractivity contribution in [1.82, 2.24) is 0 Å². The summed E-state index contributed by atoms with van der Waals surface area (Å²) in [5.41, 5.74) is 0.899. The van der Waals surface area contributed by atoms with Gasteiger partial charge in [-0.05, 0) is 12.8 Å². The first-order chi connectivity index (χ1) is 7.37.